The van der Waals surface area contributed by atoms with Crippen molar-refractivity contribution in [3.63, 3.8) is 0 Å². The molecular weight excluding hydrogens is 388 g/mol. The van der Waals surface area contributed by atoms with Crippen molar-refractivity contribution in [3.8, 4) is 0 Å². The Morgan fingerprint density at radius 1 is 1.13 bits per heavy atom. The van der Waals surface area contributed by atoms with Crippen molar-refractivity contribution in [1.29, 1.82) is 0 Å². The van der Waals surface area contributed by atoms with Gasteiger partial charge in [-0.3, -0.25) is 4.98 Å². The molecule has 0 spiro atoms. The number of rotatable bonds is 7. The molecule has 1 aliphatic heterocycles. The molecule has 1 N–H and O–H groups in total. The van der Waals surface area contributed by atoms with Crippen LogP contribution in [0.5, 0.6) is 0 Å². The lowest BCUT2D eigenvalue weighted by Crippen LogP contribution is -2.56. The molecule has 5 heteroatoms. The van der Waals surface area contributed by atoms with Gasteiger partial charge < -0.3 is 14.3 Å². The number of nitrogens with zero attached hydrogens (tertiary/aromatic N) is 2. The average molecular weight is 424 g/mol. The van der Waals surface area contributed by atoms with Crippen molar-refractivity contribution in [2.75, 3.05) is 26.7 Å². The van der Waals surface area contributed by atoms with E-state index < -0.39 is 11.6 Å². The Labute approximate surface area is 185 Å². The SMILES string of the molecule is C[N+]1(CCc2cccnc2)CCC[C@@H](OC(=O)C(O)(c2ccccc2)C2CCCC2)C1. The van der Waals surface area contributed by atoms with Crippen LogP contribution in [0.2, 0.25) is 0 Å². The number of esters is 1. The van der Waals surface area contributed by atoms with Crippen LogP contribution in [0.15, 0.2) is 54.9 Å². The van der Waals surface area contributed by atoms with Gasteiger partial charge in [0.15, 0.2) is 11.7 Å². The number of aliphatic hydroxyl groups is 1. The largest absolute Gasteiger partial charge is 0.454 e. The van der Waals surface area contributed by atoms with Gasteiger partial charge in [-0.05, 0) is 36.5 Å². The predicted octanol–water partition coefficient (Wildman–Crippen LogP) is 3.85. The number of benzene rings is 1. The Balaban J connectivity index is 1.44. The summed E-state index contributed by atoms with van der Waals surface area (Å²) in [6.45, 7) is 2.87. The van der Waals surface area contributed by atoms with E-state index in [1.807, 2.05) is 42.6 Å². The van der Waals surface area contributed by atoms with E-state index >= 15 is 0 Å². The molecule has 31 heavy (non-hydrogen) atoms. The highest BCUT2D eigenvalue weighted by atomic mass is 16.6. The number of hydrogen-bond acceptors (Lipinski definition) is 4. The molecular formula is C26H35N2O3+. The third kappa shape index (κ3) is 4.99. The standard InChI is InChI=1S/C26H35N2O3/c1-28(18-15-21-9-7-16-27-19-21)17-8-14-24(20-28)31-25(29)26(30,23-12-5-6-13-23)22-10-3-2-4-11-22/h2-4,7,9-11,16,19,23-24,30H,5-6,8,12-15,17-18,20H2,1H3/q+1/t24-,26?,28?/m1/s1. The third-order valence-electron chi connectivity index (χ3n) is 7.28. The quantitative estimate of drug-likeness (QED) is 0.543. The number of likely N-dealkylation sites (N-methyl/N-ethyl adjacent to an activating group) is 1. The van der Waals surface area contributed by atoms with Gasteiger partial charge in [-0.1, -0.05) is 49.2 Å². The molecule has 1 aromatic carbocycles. The van der Waals surface area contributed by atoms with E-state index in [0.29, 0.717) is 5.56 Å². The molecule has 166 valence electrons. The minimum absolute atomic E-state index is 0.0718. The molecule has 2 aliphatic rings. The van der Waals surface area contributed by atoms with E-state index in [9.17, 15) is 9.90 Å². The van der Waals surface area contributed by atoms with E-state index in [1.54, 1.807) is 6.20 Å². The van der Waals surface area contributed by atoms with E-state index in [0.717, 1.165) is 69.1 Å². The number of hydrogen-bond donors (Lipinski definition) is 1. The number of carbonyl (C=O) groups is 1. The summed E-state index contributed by atoms with van der Waals surface area (Å²) in [5.74, 6) is -0.534. The van der Waals surface area contributed by atoms with Crippen molar-refractivity contribution in [2.45, 2.75) is 56.7 Å². The van der Waals surface area contributed by atoms with Gasteiger partial charge in [-0.2, -0.15) is 0 Å². The number of likely N-dealkylation sites (tertiary alicyclic amines) is 1. The molecule has 1 aromatic heterocycles. The summed E-state index contributed by atoms with van der Waals surface area (Å²) in [7, 11) is 2.25. The number of carbonyl (C=O) groups excluding carboxylic acids is 1. The Bertz CT molecular complexity index is 853. The molecule has 3 atom stereocenters. The number of pyridine rings is 1. The second-order valence-corrected chi connectivity index (χ2v) is 9.64. The topological polar surface area (TPSA) is 59.4 Å². The van der Waals surface area contributed by atoms with Crippen molar-refractivity contribution >= 4 is 5.97 Å². The van der Waals surface area contributed by atoms with Gasteiger partial charge in [0.25, 0.3) is 0 Å². The smallest absolute Gasteiger partial charge is 0.343 e. The molecule has 4 rings (SSSR count). The van der Waals surface area contributed by atoms with E-state index in [-0.39, 0.29) is 12.0 Å². The van der Waals surface area contributed by atoms with E-state index in [1.165, 1.54) is 5.56 Å². The van der Waals surface area contributed by atoms with Crippen molar-refractivity contribution in [2.24, 2.45) is 5.92 Å². The molecule has 1 saturated carbocycles. The van der Waals surface area contributed by atoms with Crippen LogP contribution in [0.4, 0.5) is 0 Å². The highest BCUT2D eigenvalue weighted by Gasteiger charge is 2.49. The van der Waals surface area contributed by atoms with Crippen LogP contribution in [0.3, 0.4) is 0 Å². The Morgan fingerprint density at radius 3 is 2.61 bits per heavy atom. The summed E-state index contributed by atoms with van der Waals surface area (Å²) in [6, 6.07) is 13.5. The van der Waals surface area contributed by atoms with Crippen LogP contribution in [-0.2, 0) is 21.6 Å². The molecule has 2 unspecified atom stereocenters. The lowest BCUT2D eigenvalue weighted by Gasteiger charge is -2.42. The first-order valence-electron chi connectivity index (χ1n) is 11.7. The number of ether oxygens (including phenoxy) is 1. The zero-order chi connectivity index (χ0) is 21.7. The zero-order valence-electron chi connectivity index (χ0n) is 18.6. The number of quaternary nitrogens is 1. The minimum Gasteiger partial charge on any atom is -0.454 e. The molecule has 1 aliphatic carbocycles. The lowest BCUT2D eigenvalue weighted by atomic mass is 9.80. The van der Waals surface area contributed by atoms with Crippen molar-refractivity contribution < 1.29 is 19.1 Å². The molecule has 0 bridgehead atoms. The van der Waals surface area contributed by atoms with E-state index in [2.05, 4.69) is 18.1 Å². The van der Waals surface area contributed by atoms with Crippen LogP contribution >= 0.6 is 0 Å². The summed E-state index contributed by atoms with van der Waals surface area (Å²) in [6.07, 6.45) is 10.3. The first-order chi connectivity index (χ1) is 15.0. The molecule has 1 saturated heterocycles. The van der Waals surface area contributed by atoms with Gasteiger partial charge >= 0.3 is 5.97 Å². The summed E-state index contributed by atoms with van der Waals surface area (Å²) in [5, 5.41) is 11.7. The maximum Gasteiger partial charge on any atom is 0.343 e. The maximum absolute atomic E-state index is 13.4. The Hall–Kier alpha value is -2.24. The van der Waals surface area contributed by atoms with Crippen LogP contribution in [0.25, 0.3) is 0 Å². The lowest BCUT2D eigenvalue weighted by molar-refractivity contribution is -0.916. The molecule has 0 radical (unpaired) electrons. The van der Waals surface area contributed by atoms with Crippen LogP contribution in [0.1, 0.15) is 49.7 Å². The van der Waals surface area contributed by atoms with Crippen molar-refractivity contribution in [1.82, 2.24) is 4.98 Å². The molecule has 2 aromatic rings. The normalized spacial score (nSPS) is 26.3. The monoisotopic (exact) mass is 423 g/mol. The molecule has 5 nitrogen and oxygen atoms in total. The van der Waals surface area contributed by atoms with Gasteiger partial charge in [0.1, 0.15) is 6.54 Å². The van der Waals surface area contributed by atoms with Crippen LogP contribution in [0, 0.1) is 5.92 Å². The van der Waals surface area contributed by atoms with Gasteiger partial charge in [0, 0.05) is 31.2 Å². The molecule has 2 heterocycles. The first kappa shape index (κ1) is 22.0. The Morgan fingerprint density at radius 2 is 1.90 bits per heavy atom. The summed E-state index contributed by atoms with van der Waals surface area (Å²) in [5.41, 5.74) is 0.353. The predicted molar refractivity (Wildman–Crippen MR) is 120 cm³/mol. The fourth-order valence-corrected chi connectivity index (χ4v) is 5.42. The minimum atomic E-state index is -1.55. The van der Waals surface area contributed by atoms with E-state index in [4.69, 9.17) is 4.74 Å². The first-order valence-corrected chi connectivity index (χ1v) is 11.7. The highest BCUT2D eigenvalue weighted by Crippen LogP contribution is 2.42. The van der Waals surface area contributed by atoms with Crippen LogP contribution in [-0.4, -0.2) is 53.3 Å². The highest BCUT2D eigenvalue weighted by molar-refractivity contribution is 5.81. The Kier molecular flexibility index (Phi) is 6.73. The average Bonchev–Trinajstić information content (AvgIpc) is 3.34. The summed E-state index contributed by atoms with van der Waals surface area (Å²) >= 11 is 0. The van der Waals surface area contributed by atoms with Gasteiger partial charge in [0.05, 0.1) is 20.1 Å². The fraction of sp³-hybridized carbons (Fsp3) is 0.538. The number of piperidine rings is 1. The molecule has 2 fully saturated rings. The van der Waals surface area contributed by atoms with Crippen LogP contribution < -0.4 is 0 Å². The van der Waals surface area contributed by atoms with Gasteiger partial charge in [-0.25, -0.2) is 4.79 Å². The fourth-order valence-electron chi connectivity index (χ4n) is 5.42. The number of aromatic nitrogens is 1. The van der Waals surface area contributed by atoms with Crippen molar-refractivity contribution in [3.05, 3.63) is 66.0 Å². The third-order valence-corrected chi connectivity index (χ3v) is 7.28. The molecule has 0 amide bonds. The maximum atomic E-state index is 13.4. The summed E-state index contributed by atoms with van der Waals surface area (Å²) in [4.78, 5) is 17.6. The second-order valence-electron chi connectivity index (χ2n) is 9.64. The summed E-state index contributed by atoms with van der Waals surface area (Å²) < 4.78 is 6.93. The zero-order valence-corrected chi connectivity index (χ0v) is 18.6. The second kappa shape index (κ2) is 9.49. The van der Waals surface area contributed by atoms with Gasteiger partial charge in [0.2, 0.25) is 0 Å². The van der Waals surface area contributed by atoms with Gasteiger partial charge in [-0.15, -0.1) is 0 Å².